The van der Waals surface area contributed by atoms with Gasteiger partial charge in [-0.05, 0) is 72.0 Å². The Bertz CT molecular complexity index is 1170. The zero-order valence-electron chi connectivity index (χ0n) is 16.5. The lowest BCUT2D eigenvalue weighted by atomic mass is 9.91. The maximum Gasteiger partial charge on any atom is 0.175 e. The number of sulfone groups is 1. The quantitative estimate of drug-likeness (QED) is 0.537. The first kappa shape index (κ1) is 20.6. The van der Waals surface area contributed by atoms with E-state index in [9.17, 15) is 13.3 Å². The molecule has 0 N–H and O–H groups in total. The largest absolute Gasteiger partial charge is 0.262 e. The number of hydrogen-bond donors (Lipinski definition) is 0. The molecule has 0 aliphatic carbocycles. The molecule has 2 aromatic carbocycles. The van der Waals surface area contributed by atoms with Crippen molar-refractivity contribution in [2.24, 2.45) is 5.18 Å². The van der Waals surface area contributed by atoms with Crippen LogP contribution in [-0.4, -0.2) is 19.7 Å². The molecule has 3 rings (SSSR count). The lowest BCUT2D eigenvalue weighted by Crippen LogP contribution is -2.00. The van der Waals surface area contributed by atoms with Crippen LogP contribution in [0.4, 0.5) is 0 Å². The fourth-order valence-corrected chi connectivity index (χ4v) is 3.83. The Kier molecular flexibility index (Phi) is 6.03. The van der Waals surface area contributed by atoms with Crippen molar-refractivity contribution >= 4 is 15.4 Å². The number of nitroso groups, excluding NO2 is 1. The maximum atomic E-state index is 11.8. The van der Waals surface area contributed by atoms with E-state index >= 15 is 0 Å². The molecule has 0 amide bonds. The van der Waals surface area contributed by atoms with E-state index in [1.165, 1.54) is 6.26 Å². The van der Waals surface area contributed by atoms with Gasteiger partial charge in [0.2, 0.25) is 0 Å². The van der Waals surface area contributed by atoms with Gasteiger partial charge in [-0.3, -0.25) is 4.98 Å². The standard InChI is InChI=1S/C23H22N2O3S/c1-16-6-4-5-7-21(16)22(18-8-10-20(11-9-18)29(3,27)28)15-23(25-26)19-12-13-24-17(2)14-19/h4-15,23H,1-3H3/b22-15-. The minimum absolute atomic E-state index is 0.250. The summed E-state index contributed by atoms with van der Waals surface area (Å²) in [6.07, 6.45) is 4.66. The van der Waals surface area contributed by atoms with E-state index in [1.54, 1.807) is 36.5 Å². The van der Waals surface area contributed by atoms with Crippen LogP contribution in [-0.2, 0) is 9.84 Å². The highest BCUT2D eigenvalue weighted by Gasteiger charge is 2.16. The van der Waals surface area contributed by atoms with E-state index in [-0.39, 0.29) is 4.90 Å². The Hall–Kier alpha value is -3.12. The fourth-order valence-electron chi connectivity index (χ4n) is 3.20. The Morgan fingerprint density at radius 2 is 1.72 bits per heavy atom. The van der Waals surface area contributed by atoms with Gasteiger partial charge in [-0.15, -0.1) is 4.91 Å². The molecule has 0 aliphatic heterocycles. The molecule has 29 heavy (non-hydrogen) atoms. The van der Waals surface area contributed by atoms with Crippen molar-refractivity contribution in [1.29, 1.82) is 0 Å². The third kappa shape index (κ3) is 4.84. The van der Waals surface area contributed by atoms with Crippen molar-refractivity contribution in [1.82, 2.24) is 4.98 Å². The molecule has 0 fully saturated rings. The van der Waals surface area contributed by atoms with Crippen molar-refractivity contribution in [3.05, 3.63) is 106 Å². The molecule has 6 heteroatoms. The predicted octanol–water partition coefficient (Wildman–Crippen LogP) is 5.04. The first-order valence-corrected chi connectivity index (χ1v) is 11.0. The van der Waals surface area contributed by atoms with Crippen molar-refractivity contribution in [3.8, 4) is 0 Å². The zero-order valence-corrected chi connectivity index (χ0v) is 17.3. The molecule has 1 heterocycles. The van der Waals surface area contributed by atoms with E-state index < -0.39 is 15.9 Å². The molecule has 0 bridgehead atoms. The van der Waals surface area contributed by atoms with Gasteiger partial charge < -0.3 is 0 Å². The predicted molar refractivity (Wildman–Crippen MR) is 115 cm³/mol. The SMILES string of the molecule is Cc1cc(C(/C=C(/c2ccc(S(C)(=O)=O)cc2)c2ccccc2C)N=O)ccn1. The molecular weight excluding hydrogens is 384 g/mol. The molecule has 0 saturated carbocycles. The second kappa shape index (κ2) is 8.49. The van der Waals surface area contributed by atoms with Crippen LogP contribution in [0.3, 0.4) is 0 Å². The van der Waals surface area contributed by atoms with E-state index in [4.69, 9.17) is 0 Å². The maximum absolute atomic E-state index is 11.8. The Labute approximate surface area is 171 Å². The van der Waals surface area contributed by atoms with Gasteiger partial charge in [-0.2, -0.15) is 0 Å². The van der Waals surface area contributed by atoms with Crippen LogP contribution in [0.25, 0.3) is 5.57 Å². The summed E-state index contributed by atoms with van der Waals surface area (Å²) in [7, 11) is -3.29. The molecule has 3 aromatic rings. The monoisotopic (exact) mass is 406 g/mol. The van der Waals surface area contributed by atoms with Crippen LogP contribution < -0.4 is 0 Å². The topological polar surface area (TPSA) is 76.5 Å². The zero-order chi connectivity index (χ0) is 21.0. The number of aryl methyl sites for hydroxylation is 2. The van der Waals surface area contributed by atoms with Crippen LogP contribution in [0.1, 0.15) is 34.0 Å². The van der Waals surface area contributed by atoms with Crippen LogP contribution in [0, 0.1) is 18.8 Å². The summed E-state index contributed by atoms with van der Waals surface area (Å²) >= 11 is 0. The Balaban J connectivity index is 2.17. The third-order valence-electron chi connectivity index (χ3n) is 4.73. The average Bonchev–Trinajstić information content (AvgIpc) is 2.69. The van der Waals surface area contributed by atoms with Gasteiger partial charge in [-0.25, -0.2) is 8.42 Å². The molecular formula is C23H22N2O3S. The minimum atomic E-state index is -3.29. The van der Waals surface area contributed by atoms with Gasteiger partial charge in [0.05, 0.1) is 4.90 Å². The molecule has 1 unspecified atom stereocenters. The molecule has 148 valence electrons. The summed E-state index contributed by atoms with van der Waals surface area (Å²) in [5, 5.41) is 3.33. The second-order valence-electron chi connectivity index (χ2n) is 6.97. The summed E-state index contributed by atoms with van der Waals surface area (Å²) in [6, 6.07) is 17.4. The molecule has 0 saturated heterocycles. The van der Waals surface area contributed by atoms with Crippen molar-refractivity contribution in [3.63, 3.8) is 0 Å². The van der Waals surface area contributed by atoms with Crippen LogP contribution in [0.15, 0.2) is 83.0 Å². The number of aromatic nitrogens is 1. The van der Waals surface area contributed by atoms with Crippen LogP contribution in [0.2, 0.25) is 0 Å². The number of rotatable bonds is 6. The van der Waals surface area contributed by atoms with Gasteiger partial charge in [0.25, 0.3) is 0 Å². The second-order valence-corrected chi connectivity index (χ2v) is 8.99. The van der Waals surface area contributed by atoms with Crippen molar-refractivity contribution in [2.75, 3.05) is 6.26 Å². The summed E-state index contributed by atoms with van der Waals surface area (Å²) in [6.45, 7) is 3.86. The Morgan fingerprint density at radius 3 is 2.31 bits per heavy atom. The normalized spacial score (nSPS) is 13.1. The fraction of sp³-hybridized carbons (Fsp3) is 0.174. The van der Waals surface area contributed by atoms with E-state index in [0.29, 0.717) is 0 Å². The van der Waals surface area contributed by atoms with Gasteiger partial charge in [0.15, 0.2) is 9.84 Å². The van der Waals surface area contributed by atoms with Crippen LogP contribution >= 0.6 is 0 Å². The summed E-state index contributed by atoms with van der Waals surface area (Å²) in [5.41, 5.74) is 5.19. The molecule has 5 nitrogen and oxygen atoms in total. The molecule has 0 aliphatic rings. The smallest absolute Gasteiger partial charge is 0.175 e. The summed E-state index contributed by atoms with van der Waals surface area (Å²) in [5.74, 6) is 0. The molecule has 1 aromatic heterocycles. The highest BCUT2D eigenvalue weighted by atomic mass is 32.2. The van der Waals surface area contributed by atoms with E-state index in [1.807, 2.05) is 50.3 Å². The lowest BCUT2D eigenvalue weighted by molar-refractivity contribution is 0.602. The van der Waals surface area contributed by atoms with E-state index in [2.05, 4.69) is 10.2 Å². The van der Waals surface area contributed by atoms with Crippen molar-refractivity contribution < 1.29 is 8.42 Å². The first-order chi connectivity index (χ1) is 13.8. The highest BCUT2D eigenvalue weighted by molar-refractivity contribution is 7.90. The van der Waals surface area contributed by atoms with Gasteiger partial charge in [-0.1, -0.05) is 41.6 Å². The minimum Gasteiger partial charge on any atom is -0.262 e. The average molecular weight is 407 g/mol. The number of nitrogens with zero attached hydrogens (tertiary/aromatic N) is 2. The number of pyridine rings is 1. The highest BCUT2D eigenvalue weighted by Crippen LogP contribution is 2.31. The summed E-state index contributed by atoms with van der Waals surface area (Å²) < 4.78 is 23.6. The molecule has 0 radical (unpaired) electrons. The number of hydrogen-bond acceptors (Lipinski definition) is 5. The first-order valence-electron chi connectivity index (χ1n) is 9.13. The Morgan fingerprint density at radius 1 is 1.03 bits per heavy atom. The molecule has 1 atom stereocenters. The van der Waals surface area contributed by atoms with Gasteiger partial charge in [0.1, 0.15) is 6.04 Å². The van der Waals surface area contributed by atoms with E-state index in [0.717, 1.165) is 33.5 Å². The van der Waals surface area contributed by atoms with Gasteiger partial charge in [0, 0.05) is 18.1 Å². The van der Waals surface area contributed by atoms with Gasteiger partial charge >= 0.3 is 0 Å². The summed E-state index contributed by atoms with van der Waals surface area (Å²) in [4.78, 5) is 16.1. The lowest BCUT2D eigenvalue weighted by Gasteiger charge is -2.14. The number of benzene rings is 2. The molecule has 0 spiro atoms. The van der Waals surface area contributed by atoms with Crippen LogP contribution in [0.5, 0.6) is 0 Å². The third-order valence-corrected chi connectivity index (χ3v) is 5.86. The van der Waals surface area contributed by atoms with Crippen molar-refractivity contribution in [2.45, 2.75) is 24.8 Å².